The SMILES string of the molecule is N#CCn1c(=O)n(-c2ccc(Cl)cc2)c(=O)c2sccc21. The van der Waals surface area contributed by atoms with E-state index in [9.17, 15) is 9.59 Å². The Morgan fingerprint density at radius 2 is 1.90 bits per heavy atom. The summed E-state index contributed by atoms with van der Waals surface area (Å²) < 4.78 is 2.80. The van der Waals surface area contributed by atoms with Crippen molar-refractivity contribution < 1.29 is 0 Å². The zero-order valence-electron chi connectivity index (χ0n) is 10.6. The lowest BCUT2D eigenvalue weighted by atomic mass is 10.3. The van der Waals surface area contributed by atoms with E-state index in [1.54, 1.807) is 35.7 Å². The molecule has 0 saturated carbocycles. The van der Waals surface area contributed by atoms with E-state index < -0.39 is 5.69 Å². The van der Waals surface area contributed by atoms with Crippen LogP contribution in [0.1, 0.15) is 0 Å². The highest BCUT2D eigenvalue weighted by Gasteiger charge is 2.15. The molecule has 0 aliphatic rings. The lowest BCUT2D eigenvalue weighted by Crippen LogP contribution is -2.38. The van der Waals surface area contributed by atoms with Crippen molar-refractivity contribution in [1.82, 2.24) is 9.13 Å². The summed E-state index contributed by atoms with van der Waals surface area (Å²) in [6.07, 6.45) is 0. The predicted molar refractivity (Wildman–Crippen MR) is 82.3 cm³/mol. The van der Waals surface area contributed by atoms with E-state index in [-0.39, 0.29) is 12.1 Å². The van der Waals surface area contributed by atoms with E-state index in [2.05, 4.69) is 0 Å². The van der Waals surface area contributed by atoms with E-state index >= 15 is 0 Å². The number of fused-ring (bicyclic) bond motifs is 1. The van der Waals surface area contributed by atoms with Crippen LogP contribution in [0.4, 0.5) is 0 Å². The quantitative estimate of drug-likeness (QED) is 0.729. The van der Waals surface area contributed by atoms with Gasteiger partial charge in [-0.1, -0.05) is 11.6 Å². The molecule has 0 aliphatic heterocycles. The molecule has 0 atom stereocenters. The number of hydrogen-bond donors (Lipinski definition) is 0. The van der Waals surface area contributed by atoms with Crippen molar-refractivity contribution in [3.63, 3.8) is 0 Å². The third-order valence-electron chi connectivity index (χ3n) is 3.07. The van der Waals surface area contributed by atoms with Crippen LogP contribution in [-0.2, 0) is 6.54 Å². The maximum Gasteiger partial charge on any atom is 0.337 e. The third kappa shape index (κ3) is 2.17. The van der Waals surface area contributed by atoms with Crippen molar-refractivity contribution in [3.8, 4) is 11.8 Å². The zero-order chi connectivity index (χ0) is 15.0. The molecule has 0 aliphatic carbocycles. The minimum absolute atomic E-state index is 0.111. The molecule has 7 heteroatoms. The summed E-state index contributed by atoms with van der Waals surface area (Å²) in [5, 5.41) is 11.1. The molecule has 0 saturated heterocycles. The minimum Gasteiger partial charge on any atom is -0.278 e. The summed E-state index contributed by atoms with van der Waals surface area (Å²) in [5.41, 5.74) is -0.00515. The molecule has 0 N–H and O–H groups in total. The van der Waals surface area contributed by atoms with E-state index in [1.807, 2.05) is 6.07 Å². The third-order valence-corrected chi connectivity index (χ3v) is 4.21. The maximum absolute atomic E-state index is 12.5. The number of halogens is 1. The van der Waals surface area contributed by atoms with Gasteiger partial charge in [-0.3, -0.25) is 9.36 Å². The molecule has 0 spiro atoms. The molecule has 104 valence electrons. The van der Waals surface area contributed by atoms with Gasteiger partial charge in [0.15, 0.2) is 0 Å². The van der Waals surface area contributed by atoms with Gasteiger partial charge in [-0.15, -0.1) is 11.3 Å². The first-order valence-corrected chi connectivity index (χ1v) is 7.25. The molecule has 5 nitrogen and oxygen atoms in total. The van der Waals surface area contributed by atoms with Crippen molar-refractivity contribution >= 4 is 33.2 Å². The predicted octanol–water partition coefficient (Wildman–Crippen LogP) is 2.39. The fourth-order valence-electron chi connectivity index (χ4n) is 2.13. The molecule has 2 aromatic heterocycles. The van der Waals surface area contributed by atoms with Crippen molar-refractivity contribution in [2.45, 2.75) is 6.54 Å². The number of rotatable bonds is 2. The number of aromatic nitrogens is 2. The highest BCUT2D eigenvalue weighted by molar-refractivity contribution is 7.17. The Hall–Kier alpha value is -2.36. The molecular formula is C14H8ClN3O2S. The van der Waals surface area contributed by atoms with E-state index in [0.717, 1.165) is 4.57 Å². The fourth-order valence-corrected chi connectivity index (χ4v) is 3.08. The van der Waals surface area contributed by atoms with Gasteiger partial charge in [0, 0.05) is 5.02 Å². The van der Waals surface area contributed by atoms with Gasteiger partial charge in [-0.2, -0.15) is 5.26 Å². The Labute approximate surface area is 127 Å². The summed E-state index contributed by atoms with van der Waals surface area (Å²) in [6, 6.07) is 10.0. The zero-order valence-corrected chi connectivity index (χ0v) is 12.2. The largest absolute Gasteiger partial charge is 0.337 e. The van der Waals surface area contributed by atoms with Crippen LogP contribution >= 0.6 is 22.9 Å². The maximum atomic E-state index is 12.5. The summed E-state index contributed by atoms with van der Waals surface area (Å²) in [6.45, 7) is -0.111. The first-order valence-electron chi connectivity index (χ1n) is 5.99. The summed E-state index contributed by atoms with van der Waals surface area (Å²) in [4.78, 5) is 25.0. The van der Waals surface area contributed by atoms with Crippen molar-refractivity contribution in [3.05, 3.63) is 61.6 Å². The van der Waals surface area contributed by atoms with Gasteiger partial charge in [-0.05, 0) is 35.7 Å². The van der Waals surface area contributed by atoms with Crippen LogP contribution in [0.5, 0.6) is 0 Å². The molecule has 3 rings (SSSR count). The van der Waals surface area contributed by atoms with Crippen LogP contribution in [0.3, 0.4) is 0 Å². The van der Waals surface area contributed by atoms with E-state index in [4.69, 9.17) is 16.9 Å². The molecule has 0 bridgehead atoms. The van der Waals surface area contributed by atoms with Gasteiger partial charge in [0.05, 0.1) is 17.3 Å². The summed E-state index contributed by atoms with van der Waals surface area (Å²) in [5.74, 6) is 0. The average Bonchev–Trinajstić information content (AvgIpc) is 2.95. The minimum atomic E-state index is -0.533. The second-order valence-electron chi connectivity index (χ2n) is 4.28. The molecule has 0 amide bonds. The second kappa shape index (κ2) is 5.20. The van der Waals surface area contributed by atoms with Crippen LogP contribution in [-0.4, -0.2) is 9.13 Å². The number of thiophene rings is 1. The lowest BCUT2D eigenvalue weighted by Gasteiger charge is -2.09. The Balaban J connectivity index is 2.43. The van der Waals surface area contributed by atoms with Crippen LogP contribution in [0.2, 0.25) is 5.02 Å². The summed E-state index contributed by atoms with van der Waals surface area (Å²) in [7, 11) is 0. The molecule has 0 radical (unpaired) electrons. The number of benzene rings is 1. The van der Waals surface area contributed by atoms with Crippen molar-refractivity contribution in [2.24, 2.45) is 0 Å². The smallest absolute Gasteiger partial charge is 0.278 e. The second-order valence-corrected chi connectivity index (χ2v) is 5.63. The Kier molecular flexibility index (Phi) is 3.37. The van der Waals surface area contributed by atoms with Crippen LogP contribution < -0.4 is 11.2 Å². The molecule has 0 unspecified atom stereocenters. The Morgan fingerprint density at radius 3 is 2.57 bits per heavy atom. The van der Waals surface area contributed by atoms with Crippen LogP contribution in [0.25, 0.3) is 15.9 Å². The standard InChI is InChI=1S/C14H8ClN3O2S/c15-9-1-3-10(4-2-9)18-13(19)12-11(5-8-21-12)17(7-6-16)14(18)20/h1-5,8H,7H2. The van der Waals surface area contributed by atoms with Crippen LogP contribution in [0.15, 0.2) is 45.3 Å². The van der Waals surface area contributed by atoms with Crippen molar-refractivity contribution in [1.29, 1.82) is 5.26 Å². The van der Waals surface area contributed by atoms with Crippen LogP contribution in [0, 0.1) is 11.3 Å². The normalized spacial score (nSPS) is 10.7. The van der Waals surface area contributed by atoms with Gasteiger partial charge in [-0.25, -0.2) is 9.36 Å². The fraction of sp³-hybridized carbons (Fsp3) is 0.0714. The Bertz CT molecular complexity index is 977. The number of hydrogen-bond acceptors (Lipinski definition) is 4. The van der Waals surface area contributed by atoms with E-state index in [1.165, 1.54) is 15.9 Å². The van der Waals surface area contributed by atoms with Gasteiger partial charge in [0.1, 0.15) is 11.2 Å². The molecule has 1 aromatic carbocycles. The van der Waals surface area contributed by atoms with Gasteiger partial charge in [0.25, 0.3) is 5.56 Å². The first kappa shape index (κ1) is 13.6. The monoisotopic (exact) mass is 317 g/mol. The highest BCUT2D eigenvalue weighted by Crippen LogP contribution is 2.17. The molecule has 3 aromatic rings. The Morgan fingerprint density at radius 1 is 1.19 bits per heavy atom. The molecular weight excluding hydrogens is 310 g/mol. The van der Waals surface area contributed by atoms with Gasteiger partial charge in [0.2, 0.25) is 0 Å². The lowest BCUT2D eigenvalue weighted by molar-refractivity contribution is 0.735. The van der Waals surface area contributed by atoms with E-state index in [0.29, 0.717) is 20.9 Å². The highest BCUT2D eigenvalue weighted by atomic mass is 35.5. The summed E-state index contributed by atoms with van der Waals surface area (Å²) >= 11 is 7.07. The molecule has 2 heterocycles. The first-order chi connectivity index (χ1) is 10.1. The van der Waals surface area contributed by atoms with Gasteiger partial charge >= 0.3 is 5.69 Å². The topological polar surface area (TPSA) is 67.8 Å². The molecule has 0 fully saturated rings. The van der Waals surface area contributed by atoms with Crippen molar-refractivity contribution in [2.75, 3.05) is 0 Å². The molecule has 21 heavy (non-hydrogen) atoms. The average molecular weight is 318 g/mol. The van der Waals surface area contributed by atoms with Gasteiger partial charge < -0.3 is 0 Å². The number of nitrogens with zero attached hydrogens (tertiary/aromatic N) is 3. The number of nitriles is 1.